The molecule has 3 rings (SSSR count). The number of urea groups is 1. The number of rotatable bonds is 9. The van der Waals surface area contributed by atoms with Crippen molar-refractivity contribution in [1.82, 2.24) is 4.90 Å². The number of Topliss-reactive ketones (excluding diaryl/α,β-unsaturated/α-hetero) is 1. The second-order valence-electron chi connectivity index (χ2n) is 7.56. The van der Waals surface area contributed by atoms with E-state index in [4.69, 9.17) is 22.1 Å². The molecule has 0 atom stereocenters. The highest BCUT2D eigenvalue weighted by molar-refractivity contribution is 6.33. The summed E-state index contributed by atoms with van der Waals surface area (Å²) >= 11 is 6.31. The van der Waals surface area contributed by atoms with Gasteiger partial charge in [-0.2, -0.15) is 0 Å². The van der Waals surface area contributed by atoms with E-state index in [1.807, 2.05) is 18.2 Å². The third-order valence-electron chi connectivity index (χ3n) is 5.47. The Morgan fingerprint density at radius 1 is 1.10 bits per heavy atom. The number of benzene rings is 2. The summed E-state index contributed by atoms with van der Waals surface area (Å²) in [4.78, 5) is 28.5. The van der Waals surface area contributed by atoms with Crippen molar-refractivity contribution in [2.75, 3.05) is 50.1 Å². The minimum Gasteiger partial charge on any atom is -0.495 e. The number of halogens is 1. The summed E-state index contributed by atoms with van der Waals surface area (Å²) in [7, 11) is 1.50. The van der Waals surface area contributed by atoms with Crippen molar-refractivity contribution in [2.45, 2.75) is 19.3 Å². The summed E-state index contributed by atoms with van der Waals surface area (Å²) < 4.78 is 5.19. The Bertz CT molecular complexity index is 913. The number of hydrogen-bond donors (Lipinski definition) is 2. The van der Waals surface area contributed by atoms with Gasteiger partial charge in [0.25, 0.3) is 0 Å². The van der Waals surface area contributed by atoms with Crippen LogP contribution in [0.1, 0.15) is 29.6 Å². The number of piperazine rings is 1. The first-order valence-electron chi connectivity index (χ1n) is 10.5. The molecule has 2 aromatic rings. The lowest BCUT2D eigenvalue weighted by atomic mass is 10.0. The number of hydrogen-bond acceptors (Lipinski definition) is 5. The van der Waals surface area contributed by atoms with Crippen molar-refractivity contribution in [2.24, 2.45) is 5.73 Å². The maximum Gasteiger partial charge on any atom is 0.316 e. The molecule has 1 aliphatic heterocycles. The number of carbonyl (C=O) groups excluding carboxylic acids is 2. The molecule has 0 aromatic heterocycles. The normalized spacial score (nSPS) is 14.3. The van der Waals surface area contributed by atoms with Crippen LogP contribution in [0.3, 0.4) is 0 Å². The van der Waals surface area contributed by atoms with E-state index in [0.29, 0.717) is 23.4 Å². The Labute approximate surface area is 188 Å². The molecule has 8 heteroatoms. The number of anilines is 2. The summed E-state index contributed by atoms with van der Waals surface area (Å²) in [6, 6.07) is 12.2. The van der Waals surface area contributed by atoms with Gasteiger partial charge in [-0.15, -0.1) is 0 Å². The Hall–Kier alpha value is -2.77. The number of nitrogens with one attached hydrogen (secondary N) is 1. The lowest BCUT2D eigenvalue weighted by molar-refractivity contribution is 0.0977. The topological polar surface area (TPSA) is 87.9 Å². The lowest BCUT2D eigenvalue weighted by Crippen LogP contribution is -2.46. The van der Waals surface area contributed by atoms with Crippen LogP contribution in [0.4, 0.5) is 16.2 Å². The van der Waals surface area contributed by atoms with Crippen molar-refractivity contribution in [3.8, 4) is 5.75 Å². The number of amides is 2. The largest absolute Gasteiger partial charge is 0.495 e. The first kappa shape index (κ1) is 22.9. The highest BCUT2D eigenvalue weighted by Gasteiger charge is 2.18. The molecule has 0 saturated carbocycles. The van der Waals surface area contributed by atoms with Gasteiger partial charge in [0.1, 0.15) is 5.75 Å². The molecule has 31 heavy (non-hydrogen) atoms. The number of para-hydroxylation sites is 1. The molecule has 0 radical (unpaired) electrons. The van der Waals surface area contributed by atoms with Gasteiger partial charge in [-0.3, -0.25) is 9.69 Å². The predicted octanol–water partition coefficient (Wildman–Crippen LogP) is 4.01. The minimum atomic E-state index is -0.697. The molecular weight excluding hydrogens is 416 g/mol. The SMILES string of the molecule is COc1ccc(C(=O)CCCCN2CCN(c3ccccc3Cl)CC2)cc1NC(N)=O. The van der Waals surface area contributed by atoms with E-state index < -0.39 is 6.03 Å². The molecule has 166 valence electrons. The van der Waals surface area contributed by atoms with Gasteiger partial charge in [0.15, 0.2) is 5.78 Å². The molecule has 1 fully saturated rings. The molecule has 1 heterocycles. The Morgan fingerprint density at radius 2 is 1.84 bits per heavy atom. The summed E-state index contributed by atoms with van der Waals surface area (Å²) in [5.74, 6) is 0.505. The maximum absolute atomic E-state index is 12.5. The number of ether oxygens (including phenoxy) is 1. The molecule has 0 spiro atoms. The molecule has 0 bridgehead atoms. The fourth-order valence-corrected chi connectivity index (χ4v) is 4.05. The quantitative estimate of drug-likeness (QED) is 0.450. The molecule has 1 aliphatic rings. The lowest BCUT2D eigenvalue weighted by Gasteiger charge is -2.36. The first-order chi connectivity index (χ1) is 15.0. The minimum absolute atomic E-state index is 0.0405. The Balaban J connectivity index is 1.42. The fraction of sp³-hybridized carbons (Fsp3) is 0.391. The molecule has 2 amide bonds. The van der Waals surface area contributed by atoms with Gasteiger partial charge in [0.2, 0.25) is 0 Å². The van der Waals surface area contributed by atoms with Crippen LogP contribution in [0.5, 0.6) is 5.75 Å². The zero-order valence-electron chi connectivity index (χ0n) is 17.8. The fourth-order valence-electron chi connectivity index (χ4n) is 3.80. The van der Waals surface area contributed by atoms with Crippen molar-refractivity contribution in [1.29, 1.82) is 0 Å². The Morgan fingerprint density at radius 3 is 2.52 bits per heavy atom. The summed E-state index contributed by atoms with van der Waals surface area (Å²) in [5.41, 5.74) is 7.22. The standard InChI is InChI=1S/C23H29ClN4O3/c1-31-22-10-9-17(16-19(22)26-23(25)30)21(29)8-4-5-11-27-12-14-28(15-13-27)20-7-3-2-6-18(20)24/h2-3,6-7,9-10,16H,4-5,8,11-15H2,1H3,(H3,25,26,30). The number of nitrogens with two attached hydrogens (primary N) is 1. The number of carbonyl (C=O) groups is 2. The second-order valence-corrected chi connectivity index (χ2v) is 7.97. The molecule has 0 unspecified atom stereocenters. The predicted molar refractivity (Wildman–Crippen MR) is 124 cm³/mol. The average molecular weight is 445 g/mol. The molecule has 0 aliphatic carbocycles. The van der Waals surface area contributed by atoms with Crippen LogP contribution < -0.4 is 20.7 Å². The molecule has 3 N–H and O–H groups in total. The summed E-state index contributed by atoms with van der Waals surface area (Å²) in [6.45, 7) is 4.84. The van der Waals surface area contributed by atoms with E-state index in [9.17, 15) is 9.59 Å². The zero-order valence-corrected chi connectivity index (χ0v) is 18.5. The van der Waals surface area contributed by atoms with Crippen molar-refractivity contribution >= 4 is 34.8 Å². The average Bonchev–Trinajstić information content (AvgIpc) is 2.77. The van der Waals surface area contributed by atoms with Gasteiger partial charge >= 0.3 is 6.03 Å². The molecule has 1 saturated heterocycles. The second kappa shape index (κ2) is 11.0. The van der Waals surface area contributed by atoms with Crippen LogP contribution in [0.25, 0.3) is 0 Å². The van der Waals surface area contributed by atoms with E-state index in [1.165, 1.54) is 7.11 Å². The van der Waals surface area contributed by atoms with Crippen molar-refractivity contribution in [3.05, 3.63) is 53.1 Å². The smallest absolute Gasteiger partial charge is 0.316 e. The molecular formula is C23H29ClN4O3. The number of ketones is 1. The summed E-state index contributed by atoms with van der Waals surface area (Å²) in [5, 5.41) is 3.29. The number of primary amides is 1. The van der Waals surface area contributed by atoms with Crippen LogP contribution in [-0.2, 0) is 0 Å². The van der Waals surface area contributed by atoms with E-state index >= 15 is 0 Å². The van der Waals surface area contributed by atoms with Crippen molar-refractivity contribution in [3.63, 3.8) is 0 Å². The van der Waals surface area contributed by atoms with E-state index in [1.54, 1.807) is 18.2 Å². The number of unbranched alkanes of at least 4 members (excludes halogenated alkanes) is 1. The molecule has 2 aromatic carbocycles. The van der Waals surface area contributed by atoms with Gasteiger partial charge in [-0.05, 0) is 49.7 Å². The van der Waals surface area contributed by atoms with Crippen LogP contribution in [0.2, 0.25) is 5.02 Å². The van der Waals surface area contributed by atoms with Gasteiger partial charge in [-0.1, -0.05) is 23.7 Å². The summed E-state index contributed by atoms with van der Waals surface area (Å²) in [6.07, 6.45) is 2.23. The van der Waals surface area contributed by atoms with E-state index in [0.717, 1.165) is 56.3 Å². The third-order valence-corrected chi connectivity index (χ3v) is 5.79. The highest BCUT2D eigenvalue weighted by atomic mass is 35.5. The maximum atomic E-state index is 12.5. The number of nitrogens with zero attached hydrogens (tertiary/aromatic N) is 2. The van der Waals surface area contributed by atoms with E-state index in [2.05, 4.69) is 21.2 Å². The van der Waals surface area contributed by atoms with Crippen LogP contribution in [0, 0.1) is 0 Å². The number of methoxy groups -OCH3 is 1. The Kier molecular flexibility index (Phi) is 8.14. The van der Waals surface area contributed by atoms with Crippen LogP contribution in [0.15, 0.2) is 42.5 Å². The first-order valence-corrected chi connectivity index (χ1v) is 10.8. The third kappa shape index (κ3) is 6.35. The van der Waals surface area contributed by atoms with Crippen LogP contribution in [-0.4, -0.2) is 56.5 Å². The van der Waals surface area contributed by atoms with E-state index in [-0.39, 0.29) is 5.78 Å². The van der Waals surface area contributed by atoms with Crippen LogP contribution >= 0.6 is 11.6 Å². The van der Waals surface area contributed by atoms with Gasteiger partial charge in [0.05, 0.1) is 23.5 Å². The van der Waals surface area contributed by atoms with Crippen molar-refractivity contribution < 1.29 is 14.3 Å². The zero-order chi connectivity index (χ0) is 22.2. The van der Waals surface area contributed by atoms with Gasteiger partial charge < -0.3 is 20.7 Å². The highest BCUT2D eigenvalue weighted by Crippen LogP contribution is 2.27. The monoisotopic (exact) mass is 444 g/mol. The van der Waals surface area contributed by atoms with Gasteiger partial charge in [-0.25, -0.2) is 4.79 Å². The van der Waals surface area contributed by atoms with Gasteiger partial charge in [0, 0.05) is 38.2 Å². The molecule has 7 nitrogen and oxygen atoms in total.